The number of hydrogen-bond donors (Lipinski definition) is 2. The summed E-state index contributed by atoms with van der Waals surface area (Å²) in [4.78, 5) is 33.0. The minimum absolute atomic E-state index is 0.0715. The van der Waals surface area contributed by atoms with Crippen molar-refractivity contribution in [2.45, 2.75) is 45.6 Å². The van der Waals surface area contributed by atoms with Gasteiger partial charge in [-0.25, -0.2) is 9.59 Å². The van der Waals surface area contributed by atoms with E-state index in [9.17, 15) is 19.7 Å². The second-order valence-corrected chi connectivity index (χ2v) is 6.56. The second-order valence-electron chi connectivity index (χ2n) is 6.56. The van der Waals surface area contributed by atoms with Crippen molar-refractivity contribution >= 4 is 17.9 Å². The van der Waals surface area contributed by atoms with Gasteiger partial charge in [-0.05, 0) is 52.2 Å². The van der Waals surface area contributed by atoms with Crippen LogP contribution >= 0.6 is 0 Å². The molecule has 2 amide bonds. The standard InChI is InChI=1S/C17H25N3O6/c1-17(2,3)26-16(22)19-12-6-4-5-11-18-15(21)25-14-9-7-13(8-10-14)20(23)24/h7-10H,4-6,11-12H2,1-3H3,(H,18,21)(H,19,22). The molecule has 0 bridgehead atoms. The summed E-state index contributed by atoms with van der Waals surface area (Å²) >= 11 is 0. The fourth-order valence-electron chi connectivity index (χ4n) is 1.90. The number of ether oxygens (including phenoxy) is 2. The normalized spacial score (nSPS) is 10.7. The molecule has 0 aliphatic carbocycles. The zero-order chi connectivity index (χ0) is 19.6. The van der Waals surface area contributed by atoms with Gasteiger partial charge in [0.2, 0.25) is 0 Å². The van der Waals surface area contributed by atoms with E-state index in [1.807, 2.05) is 0 Å². The van der Waals surface area contributed by atoms with Crippen LogP contribution in [0.5, 0.6) is 5.75 Å². The van der Waals surface area contributed by atoms with E-state index in [1.165, 1.54) is 24.3 Å². The van der Waals surface area contributed by atoms with Crippen molar-refractivity contribution < 1.29 is 24.0 Å². The topological polar surface area (TPSA) is 120 Å². The Morgan fingerprint density at radius 1 is 1.00 bits per heavy atom. The maximum atomic E-state index is 11.6. The Morgan fingerprint density at radius 3 is 2.04 bits per heavy atom. The first kappa shape index (κ1) is 21.2. The zero-order valence-electron chi connectivity index (χ0n) is 15.2. The van der Waals surface area contributed by atoms with Crippen LogP contribution in [0.4, 0.5) is 15.3 Å². The quantitative estimate of drug-likeness (QED) is 0.413. The molecule has 9 nitrogen and oxygen atoms in total. The number of alkyl carbamates (subject to hydrolysis) is 1. The van der Waals surface area contributed by atoms with Gasteiger partial charge in [0.25, 0.3) is 5.69 Å². The number of carbonyl (C=O) groups is 2. The number of nitro benzene ring substituents is 1. The van der Waals surface area contributed by atoms with Crippen LogP contribution in [-0.2, 0) is 4.74 Å². The maximum absolute atomic E-state index is 11.6. The number of non-ortho nitro benzene ring substituents is 1. The summed E-state index contributed by atoms with van der Waals surface area (Å²) in [5.74, 6) is 0.231. The van der Waals surface area contributed by atoms with Gasteiger partial charge in [-0.2, -0.15) is 0 Å². The molecule has 0 radical (unpaired) electrons. The van der Waals surface area contributed by atoms with Gasteiger partial charge < -0.3 is 20.1 Å². The summed E-state index contributed by atoms with van der Waals surface area (Å²) in [5, 5.41) is 15.8. The van der Waals surface area contributed by atoms with Gasteiger partial charge in [0, 0.05) is 25.2 Å². The molecule has 26 heavy (non-hydrogen) atoms. The van der Waals surface area contributed by atoms with E-state index in [1.54, 1.807) is 20.8 Å². The van der Waals surface area contributed by atoms with Crippen molar-refractivity contribution in [2.24, 2.45) is 0 Å². The molecular weight excluding hydrogens is 342 g/mol. The largest absolute Gasteiger partial charge is 0.444 e. The summed E-state index contributed by atoms with van der Waals surface area (Å²) in [7, 11) is 0. The lowest BCUT2D eigenvalue weighted by Gasteiger charge is -2.19. The molecule has 1 rings (SSSR count). The average Bonchev–Trinajstić information content (AvgIpc) is 2.52. The Balaban J connectivity index is 2.09. The predicted octanol–water partition coefficient (Wildman–Crippen LogP) is 3.38. The third-order valence-electron chi connectivity index (χ3n) is 3.05. The number of carbonyl (C=O) groups excluding carboxylic acids is 2. The summed E-state index contributed by atoms with van der Waals surface area (Å²) in [6.45, 7) is 6.33. The van der Waals surface area contributed by atoms with Crippen LogP contribution in [-0.4, -0.2) is 35.8 Å². The summed E-state index contributed by atoms with van der Waals surface area (Å²) in [6.07, 6.45) is 1.24. The third kappa shape index (κ3) is 9.45. The molecule has 0 heterocycles. The number of benzene rings is 1. The summed E-state index contributed by atoms with van der Waals surface area (Å²) in [5.41, 5.74) is -0.587. The van der Waals surface area contributed by atoms with Crippen LogP contribution in [0.1, 0.15) is 40.0 Å². The average molecular weight is 367 g/mol. The van der Waals surface area contributed by atoms with E-state index >= 15 is 0 Å². The fraction of sp³-hybridized carbons (Fsp3) is 0.529. The zero-order valence-corrected chi connectivity index (χ0v) is 15.2. The molecule has 0 spiro atoms. The van der Waals surface area contributed by atoms with Gasteiger partial charge >= 0.3 is 12.2 Å². The number of nitrogens with one attached hydrogen (secondary N) is 2. The van der Waals surface area contributed by atoms with Crippen LogP contribution in [0.3, 0.4) is 0 Å². The second kappa shape index (κ2) is 10.2. The van der Waals surface area contributed by atoms with Crippen molar-refractivity contribution in [1.29, 1.82) is 0 Å². The van der Waals surface area contributed by atoms with Crippen molar-refractivity contribution in [3.8, 4) is 5.75 Å². The first-order valence-corrected chi connectivity index (χ1v) is 8.34. The van der Waals surface area contributed by atoms with Crippen LogP contribution in [0.25, 0.3) is 0 Å². The van der Waals surface area contributed by atoms with Crippen molar-refractivity contribution in [3.63, 3.8) is 0 Å². The number of nitrogens with zero attached hydrogens (tertiary/aromatic N) is 1. The van der Waals surface area contributed by atoms with E-state index in [0.717, 1.165) is 19.3 Å². The molecule has 2 N–H and O–H groups in total. The van der Waals surface area contributed by atoms with E-state index < -0.39 is 22.7 Å². The minimum atomic E-state index is -0.620. The SMILES string of the molecule is CC(C)(C)OC(=O)NCCCCCNC(=O)Oc1ccc([N+](=O)[O-])cc1. The monoisotopic (exact) mass is 367 g/mol. The fourth-order valence-corrected chi connectivity index (χ4v) is 1.90. The van der Waals surface area contributed by atoms with Gasteiger partial charge in [0.15, 0.2) is 0 Å². The highest BCUT2D eigenvalue weighted by Gasteiger charge is 2.15. The lowest BCUT2D eigenvalue weighted by molar-refractivity contribution is -0.384. The van der Waals surface area contributed by atoms with Crippen LogP contribution in [0.15, 0.2) is 24.3 Å². The molecular formula is C17H25N3O6. The minimum Gasteiger partial charge on any atom is -0.444 e. The van der Waals surface area contributed by atoms with E-state index in [-0.39, 0.29) is 11.4 Å². The molecule has 0 saturated heterocycles. The van der Waals surface area contributed by atoms with E-state index in [4.69, 9.17) is 9.47 Å². The van der Waals surface area contributed by atoms with Gasteiger partial charge in [0.05, 0.1) is 4.92 Å². The van der Waals surface area contributed by atoms with Crippen molar-refractivity contribution in [3.05, 3.63) is 34.4 Å². The molecule has 1 aromatic rings. The smallest absolute Gasteiger partial charge is 0.412 e. The lowest BCUT2D eigenvalue weighted by atomic mass is 10.2. The lowest BCUT2D eigenvalue weighted by Crippen LogP contribution is -2.33. The van der Waals surface area contributed by atoms with Crippen molar-refractivity contribution in [2.75, 3.05) is 13.1 Å². The number of unbranched alkanes of at least 4 members (excludes halogenated alkanes) is 2. The highest BCUT2D eigenvalue weighted by atomic mass is 16.6. The molecule has 0 saturated carbocycles. The Bertz CT molecular complexity index is 610. The van der Waals surface area contributed by atoms with Gasteiger partial charge in [-0.3, -0.25) is 10.1 Å². The summed E-state index contributed by atoms with van der Waals surface area (Å²) < 4.78 is 10.1. The molecule has 1 aromatic carbocycles. The van der Waals surface area contributed by atoms with Crippen molar-refractivity contribution in [1.82, 2.24) is 10.6 Å². The van der Waals surface area contributed by atoms with Crippen LogP contribution < -0.4 is 15.4 Å². The number of rotatable bonds is 8. The number of hydrogen-bond acceptors (Lipinski definition) is 6. The highest BCUT2D eigenvalue weighted by Crippen LogP contribution is 2.17. The number of nitro groups is 1. The molecule has 9 heteroatoms. The Kier molecular flexibility index (Phi) is 8.33. The Labute approximate surface area is 152 Å². The highest BCUT2D eigenvalue weighted by molar-refractivity contribution is 5.70. The number of amides is 2. The van der Waals surface area contributed by atoms with Gasteiger partial charge in [0.1, 0.15) is 11.4 Å². The molecule has 0 aromatic heterocycles. The molecule has 144 valence electrons. The first-order valence-electron chi connectivity index (χ1n) is 8.34. The molecule has 0 aliphatic rings. The molecule has 0 atom stereocenters. The summed E-state index contributed by atoms with van der Waals surface area (Å²) in [6, 6.07) is 5.25. The maximum Gasteiger partial charge on any atom is 0.412 e. The van der Waals surface area contributed by atoms with Gasteiger partial charge in [-0.1, -0.05) is 0 Å². The molecule has 0 aliphatic heterocycles. The first-order chi connectivity index (χ1) is 12.2. The molecule has 0 unspecified atom stereocenters. The molecule has 0 fully saturated rings. The predicted molar refractivity (Wildman–Crippen MR) is 95.2 cm³/mol. The Hall–Kier alpha value is -2.84. The van der Waals surface area contributed by atoms with Crippen LogP contribution in [0.2, 0.25) is 0 Å². The van der Waals surface area contributed by atoms with E-state index in [0.29, 0.717) is 13.1 Å². The Morgan fingerprint density at radius 2 is 1.54 bits per heavy atom. The third-order valence-corrected chi connectivity index (χ3v) is 3.05. The van der Waals surface area contributed by atoms with Crippen LogP contribution in [0, 0.1) is 10.1 Å². The van der Waals surface area contributed by atoms with Gasteiger partial charge in [-0.15, -0.1) is 0 Å². The van der Waals surface area contributed by atoms with E-state index in [2.05, 4.69) is 10.6 Å².